The quantitative estimate of drug-likeness (QED) is 0.569. The van der Waals surface area contributed by atoms with E-state index in [-0.39, 0.29) is 52.3 Å². The smallest absolute Gasteiger partial charge is 0.255 e. The molecule has 2 aliphatic rings. The largest absolute Gasteiger partial charge is 0.388 e. The van der Waals surface area contributed by atoms with E-state index in [1.54, 1.807) is 0 Å². The molecule has 2 aliphatic carbocycles. The second kappa shape index (κ2) is 8.87. The van der Waals surface area contributed by atoms with Crippen LogP contribution in [0.25, 0.3) is 0 Å². The molecule has 2 N–H and O–H groups in total. The van der Waals surface area contributed by atoms with Gasteiger partial charge in [-0.2, -0.15) is 5.26 Å². The van der Waals surface area contributed by atoms with Crippen molar-refractivity contribution in [3.63, 3.8) is 0 Å². The fraction of sp³-hybridized carbons (Fsp3) is 0.391. The summed E-state index contributed by atoms with van der Waals surface area (Å²) in [5, 5.41) is 21.3. The number of hydrogen-bond acceptors (Lipinski definition) is 5. The molecule has 2 unspecified atom stereocenters. The Bertz CT molecular complexity index is 1270. The number of carbonyl (C=O) groups is 1. The van der Waals surface area contributed by atoms with E-state index >= 15 is 0 Å². The van der Waals surface area contributed by atoms with Crippen molar-refractivity contribution in [1.29, 1.82) is 5.26 Å². The highest BCUT2D eigenvalue weighted by Gasteiger charge is 2.55. The molecular weight excluding hydrogens is 493 g/mol. The van der Waals surface area contributed by atoms with E-state index in [4.69, 9.17) is 16.9 Å². The minimum absolute atomic E-state index is 0.0594. The fourth-order valence-electron chi connectivity index (χ4n) is 5.15. The summed E-state index contributed by atoms with van der Waals surface area (Å²) in [5.74, 6) is -6.19. The minimum Gasteiger partial charge on any atom is -0.388 e. The lowest BCUT2D eigenvalue weighted by atomic mass is 9.73. The number of nitrogens with zero attached hydrogens (tertiary/aromatic N) is 1. The van der Waals surface area contributed by atoms with E-state index in [0.29, 0.717) is 25.0 Å². The van der Waals surface area contributed by atoms with Gasteiger partial charge in [-0.25, -0.2) is 21.6 Å². The van der Waals surface area contributed by atoms with Gasteiger partial charge in [0.1, 0.15) is 0 Å². The summed E-state index contributed by atoms with van der Waals surface area (Å²) < 4.78 is 66.9. The van der Waals surface area contributed by atoms with Crippen LogP contribution in [0.4, 0.5) is 18.9 Å². The number of benzene rings is 2. The lowest BCUT2D eigenvalue weighted by Gasteiger charge is -2.41. The number of sulfone groups is 1. The van der Waals surface area contributed by atoms with Crippen LogP contribution in [-0.4, -0.2) is 30.3 Å². The molecule has 0 saturated heterocycles. The first-order valence-electron chi connectivity index (χ1n) is 10.6. The normalized spacial score (nSPS) is 26.2. The van der Waals surface area contributed by atoms with Crippen molar-refractivity contribution in [3.05, 3.63) is 58.4 Å². The summed E-state index contributed by atoms with van der Waals surface area (Å²) in [5.41, 5.74) is -1.68. The summed E-state index contributed by atoms with van der Waals surface area (Å²) >= 11 is 6.17. The van der Waals surface area contributed by atoms with Crippen LogP contribution < -0.4 is 5.32 Å². The molecule has 0 aliphatic heterocycles. The van der Waals surface area contributed by atoms with Gasteiger partial charge in [0.15, 0.2) is 27.3 Å². The first-order chi connectivity index (χ1) is 16.0. The predicted molar refractivity (Wildman–Crippen MR) is 117 cm³/mol. The third-order valence-electron chi connectivity index (χ3n) is 6.91. The Balaban J connectivity index is 1.60. The van der Waals surface area contributed by atoms with Crippen LogP contribution in [0.15, 0.2) is 35.2 Å². The van der Waals surface area contributed by atoms with Gasteiger partial charge in [-0.05, 0) is 55.7 Å². The first-order valence-corrected chi connectivity index (χ1v) is 12.5. The number of halogens is 4. The van der Waals surface area contributed by atoms with Crippen molar-refractivity contribution in [2.24, 2.45) is 11.8 Å². The molecule has 0 radical (unpaired) electrons. The molecule has 34 heavy (non-hydrogen) atoms. The number of fused-ring (bicyclic) bond motifs is 2. The Morgan fingerprint density at radius 3 is 2.29 bits per heavy atom. The number of nitriles is 1. The molecule has 2 atom stereocenters. The molecule has 0 heterocycles. The molecule has 6 nitrogen and oxygen atoms in total. The van der Waals surface area contributed by atoms with E-state index < -0.39 is 44.0 Å². The van der Waals surface area contributed by atoms with E-state index in [9.17, 15) is 31.5 Å². The zero-order valence-corrected chi connectivity index (χ0v) is 19.3. The molecule has 2 fully saturated rings. The fourth-order valence-corrected chi connectivity index (χ4v) is 7.55. The number of hydrogen-bond donors (Lipinski definition) is 2. The monoisotopic (exact) mass is 512 g/mol. The van der Waals surface area contributed by atoms with Crippen molar-refractivity contribution in [1.82, 2.24) is 0 Å². The van der Waals surface area contributed by atoms with Gasteiger partial charge in [0.25, 0.3) is 5.91 Å². The molecule has 11 heteroatoms. The lowest BCUT2D eigenvalue weighted by molar-refractivity contribution is -0.0540. The molecular formula is C23H20ClF3N2O4S. The topological polar surface area (TPSA) is 107 Å². The first kappa shape index (κ1) is 24.5. The van der Waals surface area contributed by atoms with Crippen LogP contribution in [-0.2, 0) is 9.84 Å². The SMILES string of the molecule is N#CCC1(O)C2CCC1CC(S(=O)(=O)c1cc(C(=O)Nc3cc(F)c(F)c(F)c3)ccc1Cl)C2. The molecule has 2 aromatic rings. The Labute approximate surface area is 199 Å². The number of nitrogens with one attached hydrogen (secondary N) is 1. The van der Waals surface area contributed by atoms with E-state index in [1.165, 1.54) is 12.1 Å². The maximum Gasteiger partial charge on any atom is 0.255 e. The van der Waals surface area contributed by atoms with Crippen LogP contribution >= 0.6 is 11.6 Å². The molecule has 2 bridgehead atoms. The molecule has 1 amide bonds. The minimum atomic E-state index is -4.01. The highest BCUT2D eigenvalue weighted by Crippen LogP contribution is 2.53. The van der Waals surface area contributed by atoms with Gasteiger partial charge < -0.3 is 10.4 Å². The molecule has 180 valence electrons. The third kappa shape index (κ3) is 4.17. The van der Waals surface area contributed by atoms with E-state index in [1.807, 2.05) is 6.07 Å². The highest BCUT2D eigenvalue weighted by atomic mass is 35.5. The summed E-state index contributed by atoms with van der Waals surface area (Å²) in [6.07, 6.45) is 1.51. The summed E-state index contributed by atoms with van der Waals surface area (Å²) in [6, 6.07) is 6.77. The number of aliphatic hydroxyl groups is 1. The molecule has 2 saturated carbocycles. The Hall–Kier alpha value is -2.61. The van der Waals surface area contributed by atoms with Crippen molar-refractivity contribution < 1.29 is 31.5 Å². The van der Waals surface area contributed by atoms with E-state index in [0.717, 1.165) is 6.07 Å². The maximum absolute atomic E-state index is 13.5. The molecule has 0 aromatic heterocycles. The van der Waals surface area contributed by atoms with Crippen LogP contribution in [0, 0.1) is 40.6 Å². The second-order valence-electron chi connectivity index (χ2n) is 8.79. The molecule has 0 spiro atoms. The van der Waals surface area contributed by atoms with Gasteiger partial charge in [0, 0.05) is 23.4 Å². The van der Waals surface area contributed by atoms with Crippen LogP contribution in [0.2, 0.25) is 5.02 Å². The number of amides is 1. The number of rotatable bonds is 5. The maximum atomic E-state index is 13.5. The van der Waals surface area contributed by atoms with Crippen molar-refractivity contribution in [3.8, 4) is 6.07 Å². The van der Waals surface area contributed by atoms with Crippen molar-refractivity contribution >= 4 is 33.0 Å². The van der Waals surface area contributed by atoms with Gasteiger partial charge >= 0.3 is 0 Å². The Morgan fingerprint density at radius 2 is 1.74 bits per heavy atom. The van der Waals surface area contributed by atoms with Crippen molar-refractivity contribution in [2.75, 3.05) is 5.32 Å². The van der Waals surface area contributed by atoms with Gasteiger partial charge in [-0.1, -0.05) is 11.6 Å². The van der Waals surface area contributed by atoms with Gasteiger partial charge in [-0.3, -0.25) is 4.79 Å². The zero-order chi connectivity index (χ0) is 24.8. The van der Waals surface area contributed by atoms with Gasteiger partial charge in [0.2, 0.25) is 0 Å². The summed E-state index contributed by atoms with van der Waals surface area (Å²) in [6.45, 7) is 0. The molecule has 2 aromatic carbocycles. The van der Waals surface area contributed by atoms with Crippen LogP contribution in [0.3, 0.4) is 0 Å². The zero-order valence-electron chi connectivity index (χ0n) is 17.7. The van der Waals surface area contributed by atoms with Crippen LogP contribution in [0.5, 0.6) is 0 Å². The van der Waals surface area contributed by atoms with Crippen molar-refractivity contribution in [2.45, 2.75) is 47.9 Å². The van der Waals surface area contributed by atoms with Gasteiger partial charge in [-0.15, -0.1) is 0 Å². The second-order valence-corrected chi connectivity index (χ2v) is 11.4. The van der Waals surface area contributed by atoms with E-state index in [2.05, 4.69) is 5.32 Å². The Morgan fingerprint density at radius 1 is 1.15 bits per heavy atom. The highest BCUT2D eigenvalue weighted by molar-refractivity contribution is 7.92. The van der Waals surface area contributed by atoms with Gasteiger partial charge in [0.05, 0.1) is 33.3 Å². The third-order valence-corrected chi connectivity index (χ3v) is 9.57. The number of anilines is 1. The summed E-state index contributed by atoms with van der Waals surface area (Å²) in [4.78, 5) is 12.3. The number of carbonyl (C=O) groups excluding carboxylic acids is 1. The molecule has 4 rings (SSSR count). The Kier molecular flexibility index (Phi) is 6.40. The predicted octanol–water partition coefficient (Wildman–Crippen LogP) is 4.62. The average Bonchev–Trinajstić information content (AvgIpc) is 2.93. The lowest BCUT2D eigenvalue weighted by Crippen LogP contribution is -2.47. The van der Waals surface area contributed by atoms with Crippen LogP contribution in [0.1, 0.15) is 42.5 Å². The summed E-state index contributed by atoms with van der Waals surface area (Å²) in [7, 11) is -4.01. The average molecular weight is 513 g/mol. The standard InChI is InChI=1S/C23H20ClF3N2O4S/c24-17-4-1-12(22(30)29-15-10-18(25)21(27)19(26)11-15)7-20(17)34(32,33)16-8-13-2-3-14(9-16)23(13,31)5-6-28/h1,4,7,10-11,13-14,16,31H,2-3,5,8-9H2,(H,29,30).